The summed E-state index contributed by atoms with van der Waals surface area (Å²) in [7, 11) is 0. The second-order valence-corrected chi connectivity index (χ2v) is 14.5. The lowest BCUT2D eigenvalue weighted by Gasteiger charge is -2.48. The van der Waals surface area contributed by atoms with Gasteiger partial charge in [-0.05, 0) is 74.2 Å². The minimum atomic E-state index is -0.0838. The first kappa shape index (κ1) is 26.5. The molecule has 0 N–H and O–H groups in total. The van der Waals surface area contributed by atoms with Crippen LogP contribution in [0.1, 0.15) is 38.8 Å². The average molecular weight is 597 g/mol. The summed E-state index contributed by atoms with van der Waals surface area (Å²) in [5.74, 6) is 0.757. The summed E-state index contributed by atoms with van der Waals surface area (Å²) < 4.78 is 2.67. The van der Waals surface area contributed by atoms with Crippen molar-refractivity contribution in [3.8, 4) is 33.8 Å². The Hall–Kier alpha value is -4.86. The third kappa shape index (κ3) is 3.74. The van der Waals surface area contributed by atoms with Crippen LogP contribution in [0.4, 0.5) is 0 Å². The van der Waals surface area contributed by atoms with Gasteiger partial charge >= 0.3 is 0 Å². The highest BCUT2D eigenvalue weighted by Gasteiger charge is 2.46. The number of benzene rings is 6. The molecule has 2 nitrogen and oxygen atoms in total. The van der Waals surface area contributed by atoms with Gasteiger partial charge in [-0.25, -0.2) is 9.97 Å². The Bertz CT molecular complexity index is 2480. The molecule has 0 aliphatic heterocycles. The quantitative estimate of drug-likeness (QED) is 0.198. The van der Waals surface area contributed by atoms with E-state index in [9.17, 15) is 0 Å². The molecule has 0 fully saturated rings. The van der Waals surface area contributed by atoms with Gasteiger partial charge in [0.1, 0.15) is 0 Å². The fourth-order valence-corrected chi connectivity index (χ4v) is 8.63. The number of hydrogen-bond donors (Lipinski definition) is 0. The molecule has 0 saturated heterocycles. The van der Waals surface area contributed by atoms with E-state index in [0.29, 0.717) is 0 Å². The Kier molecular flexibility index (Phi) is 5.50. The highest BCUT2D eigenvalue weighted by atomic mass is 32.1. The molecule has 0 spiro atoms. The summed E-state index contributed by atoms with van der Waals surface area (Å²) >= 11 is 1.90. The summed E-state index contributed by atoms with van der Waals surface area (Å²) in [6.07, 6.45) is 0. The number of thiophene rings is 1. The molecule has 0 unspecified atom stereocenters. The van der Waals surface area contributed by atoms with E-state index in [-0.39, 0.29) is 10.8 Å². The number of fused-ring (bicyclic) bond motifs is 9. The van der Waals surface area contributed by atoms with Crippen molar-refractivity contribution in [3.05, 3.63) is 132 Å². The maximum absolute atomic E-state index is 5.24. The average Bonchev–Trinajstić information content (AvgIpc) is 3.43. The summed E-state index contributed by atoms with van der Waals surface area (Å²) in [6.45, 7) is 9.63. The van der Waals surface area contributed by atoms with Gasteiger partial charge in [-0.3, -0.25) is 0 Å². The van der Waals surface area contributed by atoms with Crippen molar-refractivity contribution in [2.24, 2.45) is 0 Å². The van der Waals surface area contributed by atoms with Gasteiger partial charge in [0.15, 0.2) is 5.82 Å². The molecule has 9 rings (SSSR count). The van der Waals surface area contributed by atoms with E-state index in [1.165, 1.54) is 53.2 Å². The van der Waals surface area contributed by atoms with Crippen LogP contribution in [-0.4, -0.2) is 9.97 Å². The number of aromatic nitrogens is 2. The molecule has 1 aliphatic carbocycles. The van der Waals surface area contributed by atoms with Gasteiger partial charge in [0, 0.05) is 36.7 Å². The van der Waals surface area contributed by atoms with Crippen molar-refractivity contribution in [1.82, 2.24) is 9.97 Å². The van der Waals surface area contributed by atoms with Crippen LogP contribution in [0, 0.1) is 0 Å². The molecular weight excluding hydrogens is 565 g/mol. The molecule has 3 heteroatoms. The van der Waals surface area contributed by atoms with Gasteiger partial charge in [0.2, 0.25) is 0 Å². The van der Waals surface area contributed by atoms with Gasteiger partial charge in [0.05, 0.1) is 11.2 Å². The third-order valence-corrected chi connectivity index (χ3v) is 11.7. The summed E-state index contributed by atoms with van der Waals surface area (Å²) in [6, 6.07) is 44.0. The molecule has 8 aromatic rings. The van der Waals surface area contributed by atoms with Crippen LogP contribution < -0.4 is 0 Å². The van der Waals surface area contributed by atoms with Gasteiger partial charge in [-0.2, -0.15) is 0 Å². The Balaban J connectivity index is 1.35. The zero-order chi connectivity index (χ0) is 30.5. The minimum Gasteiger partial charge on any atom is -0.228 e. The highest BCUT2D eigenvalue weighted by Crippen LogP contribution is 2.57. The topological polar surface area (TPSA) is 25.8 Å². The molecule has 216 valence electrons. The van der Waals surface area contributed by atoms with Crippen LogP contribution >= 0.6 is 11.3 Å². The summed E-state index contributed by atoms with van der Waals surface area (Å²) in [4.78, 5) is 10.4. The smallest absolute Gasteiger partial charge is 0.160 e. The largest absolute Gasteiger partial charge is 0.228 e. The fourth-order valence-electron chi connectivity index (χ4n) is 7.48. The van der Waals surface area contributed by atoms with Gasteiger partial charge in [0.25, 0.3) is 0 Å². The molecule has 45 heavy (non-hydrogen) atoms. The van der Waals surface area contributed by atoms with E-state index in [1.807, 2.05) is 11.3 Å². The van der Waals surface area contributed by atoms with Gasteiger partial charge in [-0.1, -0.05) is 119 Å². The van der Waals surface area contributed by atoms with Crippen molar-refractivity contribution in [3.63, 3.8) is 0 Å². The molecule has 6 aromatic carbocycles. The Morgan fingerprint density at radius 3 is 2.04 bits per heavy atom. The molecule has 0 amide bonds. The molecule has 0 bridgehead atoms. The molecule has 0 atom stereocenters. The van der Waals surface area contributed by atoms with Gasteiger partial charge in [-0.15, -0.1) is 11.3 Å². The lowest BCUT2D eigenvalue weighted by atomic mass is 9.55. The molecule has 2 aromatic heterocycles. The number of para-hydroxylation sites is 1. The Morgan fingerprint density at radius 2 is 1.22 bits per heavy atom. The van der Waals surface area contributed by atoms with Crippen molar-refractivity contribution >= 4 is 53.2 Å². The number of nitrogens with zero attached hydrogens (tertiary/aromatic N) is 2. The highest BCUT2D eigenvalue weighted by molar-refractivity contribution is 7.26. The van der Waals surface area contributed by atoms with Crippen molar-refractivity contribution in [2.45, 2.75) is 38.5 Å². The Morgan fingerprint density at radius 1 is 0.533 bits per heavy atom. The zero-order valence-corrected chi connectivity index (χ0v) is 26.7. The second-order valence-electron chi connectivity index (χ2n) is 13.4. The molecule has 0 saturated carbocycles. The normalized spacial score (nSPS) is 15.0. The van der Waals surface area contributed by atoms with E-state index in [4.69, 9.17) is 9.97 Å². The first-order valence-electron chi connectivity index (χ1n) is 15.7. The van der Waals surface area contributed by atoms with Crippen LogP contribution in [0.15, 0.2) is 121 Å². The van der Waals surface area contributed by atoms with Crippen LogP contribution in [0.5, 0.6) is 0 Å². The molecule has 0 radical (unpaired) electrons. The fraction of sp³-hybridized carbons (Fsp3) is 0.143. The maximum atomic E-state index is 5.24. The molecule has 2 heterocycles. The van der Waals surface area contributed by atoms with Crippen molar-refractivity contribution in [1.29, 1.82) is 0 Å². The maximum Gasteiger partial charge on any atom is 0.160 e. The SMILES string of the molecule is CC1(C)c2ccc(-c3nc(-c4ccccc4)c4ccccc4n3)cc2-c2c(ccc3sc4cc5ccccc5cc4c23)C1(C)C. The Labute approximate surface area is 267 Å². The number of rotatable bonds is 2. The first-order valence-corrected chi connectivity index (χ1v) is 16.5. The van der Waals surface area contributed by atoms with Crippen LogP contribution in [0.3, 0.4) is 0 Å². The second kappa shape index (κ2) is 9.32. The minimum absolute atomic E-state index is 0.0733. The lowest BCUT2D eigenvalue weighted by Crippen LogP contribution is -2.43. The van der Waals surface area contributed by atoms with Crippen molar-refractivity contribution < 1.29 is 0 Å². The van der Waals surface area contributed by atoms with E-state index in [1.54, 1.807) is 0 Å². The van der Waals surface area contributed by atoms with Crippen LogP contribution in [0.2, 0.25) is 0 Å². The van der Waals surface area contributed by atoms with Crippen LogP contribution in [0.25, 0.3) is 75.6 Å². The molecular formula is C42H32N2S. The standard InChI is InChI=1S/C42H32N2S/c1-41(2)32-19-18-28(40-43-34-17-11-10-16-29(34)39(44-40)25-12-6-5-7-13-25)23-30(32)37-33(42(41,3)4)20-21-35-38(37)31-22-26-14-8-9-15-27(26)24-36(31)45-35/h5-24H,1-4H3. The third-order valence-electron chi connectivity index (χ3n) is 10.6. The van der Waals surface area contributed by atoms with E-state index < -0.39 is 0 Å². The van der Waals surface area contributed by atoms with E-state index in [0.717, 1.165) is 33.5 Å². The lowest BCUT2D eigenvalue weighted by molar-refractivity contribution is 0.299. The predicted octanol–water partition coefficient (Wildman–Crippen LogP) is 11.7. The van der Waals surface area contributed by atoms with Crippen molar-refractivity contribution in [2.75, 3.05) is 0 Å². The zero-order valence-electron chi connectivity index (χ0n) is 25.8. The first-order chi connectivity index (χ1) is 21.8. The predicted molar refractivity (Wildman–Crippen MR) is 192 cm³/mol. The monoisotopic (exact) mass is 596 g/mol. The van der Waals surface area contributed by atoms with Crippen LogP contribution in [-0.2, 0) is 10.8 Å². The van der Waals surface area contributed by atoms with E-state index in [2.05, 4.69) is 149 Å². The summed E-state index contributed by atoms with van der Waals surface area (Å²) in [5.41, 5.74) is 9.34. The number of hydrogen-bond acceptors (Lipinski definition) is 3. The summed E-state index contributed by atoms with van der Waals surface area (Å²) in [5, 5.41) is 6.34. The molecule has 1 aliphatic rings. The van der Waals surface area contributed by atoms with Gasteiger partial charge < -0.3 is 0 Å². The van der Waals surface area contributed by atoms with E-state index >= 15 is 0 Å².